The zero-order valence-electron chi connectivity index (χ0n) is 10.3. The van der Waals surface area contributed by atoms with E-state index >= 15 is 0 Å². The number of hydrogen-bond acceptors (Lipinski definition) is 3. The average Bonchev–Trinajstić information content (AvgIpc) is 2.97. The number of fused-ring (bicyclic) bond motifs is 1. The summed E-state index contributed by atoms with van der Waals surface area (Å²) in [5, 5.41) is 9.84. The Morgan fingerprint density at radius 1 is 1.18 bits per heavy atom. The molecule has 1 saturated carbocycles. The molecule has 3 aliphatic rings. The Morgan fingerprint density at radius 3 is 2.65 bits per heavy atom. The van der Waals surface area contributed by atoms with Crippen LogP contribution < -0.4 is 0 Å². The molecule has 4 nitrogen and oxygen atoms in total. The minimum atomic E-state index is -0.119. The van der Waals surface area contributed by atoms with Crippen LogP contribution in [-0.2, 0) is 4.79 Å². The van der Waals surface area contributed by atoms with Crippen molar-refractivity contribution in [1.29, 1.82) is 0 Å². The highest BCUT2D eigenvalue weighted by Gasteiger charge is 2.42. The van der Waals surface area contributed by atoms with Gasteiger partial charge in [0.2, 0.25) is 5.91 Å². The number of rotatable bonds is 2. The Morgan fingerprint density at radius 2 is 1.94 bits per heavy atom. The molecule has 0 aromatic heterocycles. The van der Waals surface area contributed by atoms with Gasteiger partial charge in [-0.3, -0.25) is 9.69 Å². The Hall–Kier alpha value is -0.610. The highest BCUT2D eigenvalue weighted by molar-refractivity contribution is 5.78. The molecule has 0 radical (unpaired) electrons. The van der Waals surface area contributed by atoms with E-state index in [1.54, 1.807) is 0 Å². The molecule has 0 aromatic carbocycles. The first kappa shape index (κ1) is 11.5. The number of hydrogen-bond donors (Lipinski definition) is 1. The van der Waals surface area contributed by atoms with Gasteiger partial charge in [-0.15, -0.1) is 0 Å². The van der Waals surface area contributed by atoms with E-state index < -0.39 is 0 Å². The molecule has 3 fully saturated rings. The fourth-order valence-corrected chi connectivity index (χ4v) is 3.72. The van der Waals surface area contributed by atoms with Crippen LogP contribution in [0.1, 0.15) is 25.7 Å². The average molecular weight is 238 g/mol. The van der Waals surface area contributed by atoms with Crippen molar-refractivity contribution in [2.45, 2.75) is 31.8 Å². The second kappa shape index (κ2) is 4.58. The minimum absolute atomic E-state index is 0.119. The van der Waals surface area contributed by atoms with E-state index in [0.29, 0.717) is 18.4 Å². The summed E-state index contributed by atoms with van der Waals surface area (Å²) in [5.74, 6) is 1.36. The van der Waals surface area contributed by atoms with E-state index in [1.165, 1.54) is 0 Å². The molecule has 2 heterocycles. The zero-order valence-corrected chi connectivity index (χ0v) is 10.3. The van der Waals surface area contributed by atoms with Gasteiger partial charge in [-0.1, -0.05) is 0 Å². The van der Waals surface area contributed by atoms with Gasteiger partial charge in [0.1, 0.15) is 0 Å². The number of amides is 1. The molecule has 3 unspecified atom stereocenters. The van der Waals surface area contributed by atoms with Gasteiger partial charge in [0.15, 0.2) is 0 Å². The molecule has 1 aliphatic carbocycles. The molecule has 4 heteroatoms. The second-order valence-corrected chi connectivity index (χ2v) is 5.85. The third kappa shape index (κ3) is 2.20. The Labute approximate surface area is 103 Å². The summed E-state index contributed by atoms with van der Waals surface area (Å²) in [6.07, 6.45) is 4.31. The molecule has 17 heavy (non-hydrogen) atoms. The van der Waals surface area contributed by atoms with Gasteiger partial charge in [-0.2, -0.15) is 0 Å². The normalized spacial score (nSPS) is 37.7. The van der Waals surface area contributed by atoms with Crippen molar-refractivity contribution in [3.63, 3.8) is 0 Å². The van der Waals surface area contributed by atoms with Gasteiger partial charge in [-0.05, 0) is 31.6 Å². The quantitative estimate of drug-likeness (QED) is 0.753. The largest absolute Gasteiger partial charge is 0.393 e. The van der Waals surface area contributed by atoms with Crippen molar-refractivity contribution >= 4 is 5.91 Å². The third-order valence-corrected chi connectivity index (χ3v) is 4.71. The molecular formula is C13H22N2O2. The van der Waals surface area contributed by atoms with Gasteiger partial charge in [0.25, 0.3) is 0 Å². The Balaban J connectivity index is 1.52. The Kier molecular flexibility index (Phi) is 3.09. The van der Waals surface area contributed by atoms with E-state index in [9.17, 15) is 9.90 Å². The first-order valence-corrected chi connectivity index (χ1v) is 6.92. The lowest BCUT2D eigenvalue weighted by molar-refractivity contribution is -0.131. The number of aliphatic hydroxyl groups is 1. The van der Waals surface area contributed by atoms with Crippen LogP contribution in [0.3, 0.4) is 0 Å². The molecule has 3 atom stereocenters. The number of carbonyl (C=O) groups is 1. The number of carbonyl (C=O) groups excluding carboxylic acids is 1. The van der Waals surface area contributed by atoms with Crippen LogP contribution in [0.25, 0.3) is 0 Å². The molecule has 3 rings (SSSR count). The summed E-state index contributed by atoms with van der Waals surface area (Å²) >= 11 is 0. The molecule has 2 aliphatic heterocycles. The summed E-state index contributed by atoms with van der Waals surface area (Å²) in [4.78, 5) is 16.3. The number of nitrogens with zero attached hydrogens (tertiary/aromatic N) is 2. The lowest BCUT2D eigenvalue weighted by atomic mass is 10.00. The highest BCUT2D eigenvalue weighted by Crippen LogP contribution is 2.37. The van der Waals surface area contributed by atoms with Gasteiger partial charge >= 0.3 is 0 Å². The predicted octanol–water partition coefficient (Wildman–Crippen LogP) is 0.312. The van der Waals surface area contributed by atoms with Crippen LogP contribution in [0, 0.1) is 11.8 Å². The lowest BCUT2D eigenvalue weighted by Crippen LogP contribution is -2.38. The fraction of sp³-hybridized carbons (Fsp3) is 0.923. The topological polar surface area (TPSA) is 43.8 Å². The van der Waals surface area contributed by atoms with Crippen LogP contribution in [0.2, 0.25) is 0 Å². The lowest BCUT2D eigenvalue weighted by Gasteiger charge is -2.21. The van der Waals surface area contributed by atoms with Crippen LogP contribution >= 0.6 is 0 Å². The smallest absolute Gasteiger partial charge is 0.236 e. The van der Waals surface area contributed by atoms with Crippen molar-refractivity contribution in [2.24, 2.45) is 11.8 Å². The van der Waals surface area contributed by atoms with Crippen molar-refractivity contribution < 1.29 is 9.90 Å². The standard InChI is InChI=1S/C13H22N2O2/c16-12-4-3-10-7-14(8-11(10)12)9-13(17)15-5-1-2-6-15/h10-12,16H,1-9H2. The van der Waals surface area contributed by atoms with Crippen molar-refractivity contribution in [1.82, 2.24) is 9.80 Å². The summed E-state index contributed by atoms with van der Waals surface area (Å²) < 4.78 is 0. The summed E-state index contributed by atoms with van der Waals surface area (Å²) in [6.45, 7) is 4.40. The first-order valence-electron chi connectivity index (χ1n) is 6.92. The van der Waals surface area contributed by atoms with Gasteiger partial charge < -0.3 is 10.0 Å². The van der Waals surface area contributed by atoms with Crippen molar-refractivity contribution in [3.05, 3.63) is 0 Å². The van der Waals surface area contributed by atoms with Gasteiger partial charge in [0, 0.05) is 32.1 Å². The molecule has 0 aromatic rings. The van der Waals surface area contributed by atoms with Crippen LogP contribution in [0.15, 0.2) is 0 Å². The molecule has 0 spiro atoms. The van der Waals surface area contributed by atoms with Crippen LogP contribution in [0.5, 0.6) is 0 Å². The number of likely N-dealkylation sites (tertiary alicyclic amines) is 2. The monoisotopic (exact) mass is 238 g/mol. The maximum absolute atomic E-state index is 12.0. The van der Waals surface area contributed by atoms with Gasteiger partial charge in [-0.25, -0.2) is 0 Å². The zero-order chi connectivity index (χ0) is 11.8. The van der Waals surface area contributed by atoms with E-state index in [-0.39, 0.29) is 12.0 Å². The van der Waals surface area contributed by atoms with Crippen molar-refractivity contribution in [2.75, 3.05) is 32.7 Å². The maximum atomic E-state index is 12.0. The summed E-state index contributed by atoms with van der Waals surface area (Å²) in [5.41, 5.74) is 0. The van der Waals surface area contributed by atoms with E-state index in [0.717, 1.165) is 51.9 Å². The van der Waals surface area contributed by atoms with E-state index in [4.69, 9.17) is 0 Å². The third-order valence-electron chi connectivity index (χ3n) is 4.71. The van der Waals surface area contributed by atoms with Crippen molar-refractivity contribution in [3.8, 4) is 0 Å². The Bertz CT molecular complexity index is 302. The molecule has 0 bridgehead atoms. The first-order chi connectivity index (χ1) is 8.24. The number of aliphatic hydroxyl groups excluding tert-OH is 1. The van der Waals surface area contributed by atoms with Crippen LogP contribution in [-0.4, -0.2) is 59.6 Å². The highest BCUT2D eigenvalue weighted by atomic mass is 16.3. The fourth-order valence-electron chi connectivity index (χ4n) is 3.72. The predicted molar refractivity (Wildman–Crippen MR) is 64.5 cm³/mol. The molecule has 96 valence electrons. The molecular weight excluding hydrogens is 216 g/mol. The van der Waals surface area contributed by atoms with Gasteiger partial charge in [0.05, 0.1) is 12.6 Å². The SMILES string of the molecule is O=C(CN1CC2CCC(O)C2C1)N1CCCC1. The second-order valence-electron chi connectivity index (χ2n) is 5.85. The summed E-state index contributed by atoms with van der Waals surface area (Å²) in [6, 6.07) is 0. The summed E-state index contributed by atoms with van der Waals surface area (Å²) in [7, 11) is 0. The van der Waals surface area contributed by atoms with E-state index in [2.05, 4.69) is 4.90 Å². The van der Waals surface area contributed by atoms with E-state index in [1.807, 2.05) is 4.90 Å². The molecule has 1 N–H and O–H groups in total. The maximum Gasteiger partial charge on any atom is 0.236 e. The molecule has 2 saturated heterocycles. The minimum Gasteiger partial charge on any atom is -0.393 e. The van der Waals surface area contributed by atoms with Crippen LogP contribution in [0.4, 0.5) is 0 Å². The molecule has 1 amide bonds.